The fraction of sp³-hybridized carbons (Fsp3) is 0. The van der Waals surface area contributed by atoms with Crippen molar-refractivity contribution < 1.29 is 4.42 Å². The maximum absolute atomic E-state index is 5.85. The van der Waals surface area contributed by atoms with E-state index in [4.69, 9.17) is 4.42 Å². The molecule has 0 saturated carbocycles. The largest absolute Gasteiger partial charge is 0.438 e. The van der Waals surface area contributed by atoms with Crippen LogP contribution in [0.3, 0.4) is 0 Å². The van der Waals surface area contributed by atoms with Crippen LogP contribution in [0.1, 0.15) is 0 Å². The second kappa shape index (κ2) is 4.61. The van der Waals surface area contributed by atoms with E-state index in [2.05, 4.69) is 15.0 Å². The summed E-state index contributed by atoms with van der Waals surface area (Å²) in [6, 6.07) is 17.9. The van der Waals surface area contributed by atoms with Crippen LogP contribution in [0, 0.1) is 0 Å². The van der Waals surface area contributed by atoms with E-state index < -0.39 is 0 Å². The molecule has 0 N–H and O–H groups in total. The summed E-state index contributed by atoms with van der Waals surface area (Å²) in [7, 11) is 0. The van der Waals surface area contributed by atoms with Crippen LogP contribution in [0.4, 0.5) is 0 Å². The van der Waals surface area contributed by atoms with Crippen LogP contribution in [-0.4, -0.2) is 15.0 Å². The van der Waals surface area contributed by atoms with Gasteiger partial charge in [-0.3, -0.25) is 4.98 Å². The van der Waals surface area contributed by atoms with Crippen molar-refractivity contribution in [2.24, 2.45) is 0 Å². The molecule has 4 aromatic heterocycles. The zero-order valence-corrected chi connectivity index (χ0v) is 12.1. The zero-order chi connectivity index (χ0) is 15.2. The molecule has 4 heteroatoms. The first-order valence-electron chi connectivity index (χ1n) is 7.38. The number of rotatable bonds is 1. The van der Waals surface area contributed by atoms with Crippen molar-refractivity contribution in [3.63, 3.8) is 0 Å². The van der Waals surface area contributed by atoms with Crippen molar-refractivity contribution in [2.45, 2.75) is 0 Å². The Morgan fingerprint density at radius 2 is 1.61 bits per heavy atom. The van der Waals surface area contributed by atoms with Crippen LogP contribution in [0.15, 0.2) is 71.4 Å². The average Bonchev–Trinajstić information content (AvgIpc) is 2.99. The molecule has 0 fully saturated rings. The molecule has 5 aromatic rings. The summed E-state index contributed by atoms with van der Waals surface area (Å²) in [6.07, 6.45) is 3.53. The normalized spacial score (nSPS) is 11.5. The van der Waals surface area contributed by atoms with Gasteiger partial charge >= 0.3 is 0 Å². The van der Waals surface area contributed by atoms with Gasteiger partial charge in [0, 0.05) is 22.4 Å². The van der Waals surface area contributed by atoms with E-state index in [0.29, 0.717) is 5.71 Å². The number of para-hydroxylation sites is 1. The highest BCUT2D eigenvalue weighted by molar-refractivity contribution is 6.03. The molecular formula is C19H11N3O. The maximum atomic E-state index is 5.85. The molecule has 0 aliphatic heterocycles. The molecule has 5 rings (SSSR count). The van der Waals surface area contributed by atoms with Crippen LogP contribution in [0.2, 0.25) is 0 Å². The van der Waals surface area contributed by atoms with Gasteiger partial charge in [0.2, 0.25) is 5.71 Å². The van der Waals surface area contributed by atoms with E-state index in [1.54, 1.807) is 12.4 Å². The van der Waals surface area contributed by atoms with Crippen molar-refractivity contribution in [3.05, 3.63) is 67.0 Å². The van der Waals surface area contributed by atoms with Gasteiger partial charge in [-0.15, -0.1) is 0 Å². The lowest BCUT2D eigenvalue weighted by Crippen LogP contribution is -1.88. The highest BCUT2D eigenvalue weighted by Gasteiger charge is 2.10. The quantitative estimate of drug-likeness (QED) is 0.454. The SMILES string of the molecule is c1ccc2c(c1)oc1nc(-c3ccc4ccncc4n3)ccc12. The maximum Gasteiger partial charge on any atom is 0.227 e. The molecule has 0 spiro atoms. The minimum Gasteiger partial charge on any atom is -0.438 e. The first-order chi connectivity index (χ1) is 11.4. The van der Waals surface area contributed by atoms with Crippen molar-refractivity contribution in [1.29, 1.82) is 0 Å². The van der Waals surface area contributed by atoms with E-state index in [1.165, 1.54) is 0 Å². The van der Waals surface area contributed by atoms with E-state index in [1.807, 2.05) is 54.6 Å². The van der Waals surface area contributed by atoms with E-state index in [0.717, 1.165) is 38.6 Å². The first kappa shape index (κ1) is 12.3. The third-order valence-corrected chi connectivity index (χ3v) is 4.00. The van der Waals surface area contributed by atoms with Gasteiger partial charge in [-0.2, -0.15) is 0 Å². The molecule has 0 bridgehead atoms. The Kier molecular flexibility index (Phi) is 2.46. The molecule has 108 valence electrons. The predicted octanol–water partition coefficient (Wildman–Crippen LogP) is 4.59. The van der Waals surface area contributed by atoms with Crippen molar-refractivity contribution in [1.82, 2.24) is 15.0 Å². The molecule has 1 aromatic carbocycles. The molecule has 0 atom stereocenters. The van der Waals surface area contributed by atoms with Crippen molar-refractivity contribution in [3.8, 4) is 11.4 Å². The molecule has 0 radical (unpaired) electrons. The van der Waals surface area contributed by atoms with Gasteiger partial charge in [0.25, 0.3) is 0 Å². The Morgan fingerprint density at radius 3 is 2.61 bits per heavy atom. The third-order valence-electron chi connectivity index (χ3n) is 4.00. The second-order valence-electron chi connectivity index (χ2n) is 5.41. The fourth-order valence-electron chi connectivity index (χ4n) is 2.86. The van der Waals surface area contributed by atoms with E-state index in [-0.39, 0.29) is 0 Å². The van der Waals surface area contributed by atoms with Crippen LogP contribution in [0.25, 0.3) is 44.4 Å². The number of hydrogen-bond acceptors (Lipinski definition) is 4. The molecule has 0 amide bonds. The molecule has 0 aliphatic carbocycles. The molecular weight excluding hydrogens is 286 g/mol. The van der Waals surface area contributed by atoms with Crippen molar-refractivity contribution in [2.75, 3.05) is 0 Å². The number of aromatic nitrogens is 3. The van der Waals surface area contributed by atoms with Crippen LogP contribution < -0.4 is 0 Å². The van der Waals surface area contributed by atoms with Gasteiger partial charge in [-0.05, 0) is 30.3 Å². The number of fused-ring (bicyclic) bond motifs is 4. The molecule has 0 unspecified atom stereocenters. The van der Waals surface area contributed by atoms with Crippen LogP contribution in [0.5, 0.6) is 0 Å². The van der Waals surface area contributed by atoms with Crippen LogP contribution >= 0.6 is 0 Å². The molecule has 4 heterocycles. The van der Waals surface area contributed by atoms with Crippen LogP contribution in [-0.2, 0) is 0 Å². The second-order valence-corrected chi connectivity index (χ2v) is 5.41. The lowest BCUT2D eigenvalue weighted by Gasteiger charge is -2.02. The Balaban J connectivity index is 1.73. The summed E-state index contributed by atoms with van der Waals surface area (Å²) < 4.78 is 5.85. The Bertz CT molecular complexity index is 1180. The van der Waals surface area contributed by atoms with E-state index in [9.17, 15) is 0 Å². The highest BCUT2D eigenvalue weighted by atomic mass is 16.3. The van der Waals surface area contributed by atoms with Gasteiger partial charge in [0.15, 0.2) is 0 Å². The molecule has 4 nitrogen and oxygen atoms in total. The summed E-state index contributed by atoms with van der Waals surface area (Å²) >= 11 is 0. The molecule has 0 saturated heterocycles. The standard InChI is InChI=1S/C19H11N3O/c1-2-4-18-13(3-1)14-6-8-16(22-19(14)23-18)15-7-5-12-9-10-20-11-17(12)21-15/h1-11H. The minimum absolute atomic E-state index is 0.636. The number of nitrogens with zero attached hydrogens (tertiary/aromatic N) is 3. The summed E-state index contributed by atoms with van der Waals surface area (Å²) in [5, 5.41) is 3.16. The summed E-state index contributed by atoms with van der Waals surface area (Å²) in [4.78, 5) is 13.4. The average molecular weight is 297 g/mol. The lowest BCUT2D eigenvalue weighted by molar-refractivity contribution is 0.654. The minimum atomic E-state index is 0.636. The van der Waals surface area contributed by atoms with Gasteiger partial charge in [-0.25, -0.2) is 9.97 Å². The zero-order valence-electron chi connectivity index (χ0n) is 12.1. The lowest BCUT2D eigenvalue weighted by atomic mass is 10.1. The van der Waals surface area contributed by atoms with E-state index >= 15 is 0 Å². The third kappa shape index (κ3) is 1.89. The van der Waals surface area contributed by atoms with Crippen molar-refractivity contribution >= 4 is 33.0 Å². The smallest absolute Gasteiger partial charge is 0.227 e. The van der Waals surface area contributed by atoms with Gasteiger partial charge < -0.3 is 4.42 Å². The number of hydrogen-bond donors (Lipinski definition) is 0. The summed E-state index contributed by atoms with van der Waals surface area (Å²) in [5.74, 6) is 0. The Morgan fingerprint density at radius 1 is 0.739 bits per heavy atom. The topological polar surface area (TPSA) is 51.8 Å². The summed E-state index contributed by atoms with van der Waals surface area (Å²) in [6.45, 7) is 0. The summed E-state index contributed by atoms with van der Waals surface area (Å²) in [5.41, 5.74) is 3.95. The fourth-order valence-corrected chi connectivity index (χ4v) is 2.86. The monoisotopic (exact) mass is 297 g/mol. The Hall–Kier alpha value is -3.27. The number of pyridine rings is 3. The van der Waals surface area contributed by atoms with Gasteiger partial charge in [0.05, 0.1) is 23.1 Å². The Labute approximate surface area is 131 Å². The number of furan rings is 1. The number of benzene rings is 1. The predicted molar refractivity (Wildman–Crippen MR) is 90.0 cm³/mol. The highest BCUT2D eigenvalue weighted by Crippen LogP contribution is 2.29. The molecule has 23 heavy (non-hydrogen) atoms. The molecule has 0 aliphatic rings. The van der Waals surface area contributed by atoms with Gasteiger partial charge in [-0.1, -0.05) is 24.3 Å². The first-order valence-corrected chi connectivity index (χ1v) is 7.38. The van der Waals surface area contributed by atoms with Gasteiger partial charge in [0.1, 0.15) is 5.58 Å².